The van der Waals surface area contributed by atoms with E-state index in [0.29, 0.717) is 5.56 Å². The number of likely N-dealkylation sites (N-methyl/N-ethyl adjacent to an activating group) is 1. The smallest absolute Gasteiger partial charge is 0.317 e. The second-order valence-electron chi connectivity index (χ2n) is 4.08. The van der Waals surface area contributed by atoms with Gasteiger partial charge >= 0.3 is 5.97 Å². The third-order valence-electron chi connectivity index (χ3n) is 2.80. The van der Waals surface area contributed by atoms with Gasteiger partial charge in [-0.15, -0.1) is 11.8 Å². The van der Waals surface area contributed by atoms with Crippen LogP contribution in [0.5, 0.6) is 0 Å². The molecule has 0 saturated heterocycles. The summed E-state index contributed by atoms with van der Waals surface area (Å²) in [5, 5.41) is 8.70. The first-order valence-electron chi connectivity index (χ1n) is 5.56. The number of hydrogen-bond donors (Lipinski definition) is 1. The van der Waals surface area contributed by atoms with Gasteiger partial charge in [0.2, 0.25) is 0 Å². The van der Waals surface area contributed by atoms with Gasteiger partial charge in [-0.1, -0.05) is 12.1 Å². The maximum atomic E-state index is 12.1. The van der Waals surface area contributed by atoms with Crippen molar-refractivity contribution in [2.45, 2.75) is 17.9 Å². The molecule has 0 heterocycles. The lowest BCUT2D eigenvalue weighted by molar-refractivity contribution is -0.138. The highest BCUT2D eigenvalue weighted by Gasteiger charge is 2.20. The molecule has 0 radical (unpaired) electrons. The van der Waals surface area contributed by atoms with Crippen LogP contribution in [0.15, 0.2) is 29.2 Å². The Morgan fingerprint density at radius 3 is 2.33 bits per heavy atom. The highest BCUT2D eigenvalue weighted by Crippen LogP contribution is 2.16. The minimum Gasteiger partial charge on any atom is -0.480 e. The van der Waals surface area contributed by atoms with Crippen molar-refractivity contribution >= 4 is 23.5 Å². The van der Waals surface area contributed by atoms with Gasteiger partial charge in [-0.25, -0.2) is 0 Å². The molecule has 0 aliphatic rings. The Kier molecular flexibility index (Phi) is 5.37. The molecule has 0 saturated carbocycles. The lowest BCUT2D eigenvalue weighted by Gasteiger charge is -2.21. The number of ketones is 1. The van der Waals surface area contributed by atoms with Gasteiger partial charge in [-0.2, -0.15) is 0 Å². The maximum absolute atomic E-state index is 12.1. The summed E-state index contributed by atoms with van der Waals surface area (Å²) in [4.78, 5) is 25.3. The molecule has 1 rings (SSSR count). The number of carbonyl (C=O) groups is 2. The molecule has 0 amide bonds. The molecule has 0 aromatic heterocycles. The third kappa shape index (κ3) is 3.85. The Labute approximate surface area is 111 Å². The summed E-state index contributed by atoms with van der Waals surface area (Å²) in [5.41, 5.74) is 0.609. The summed E-state index contributed by atoms with van der Waals surface area (Å²) in [6, 6.07) is 6.89. The Balaban J connectivity index is 2.76. The van der Waals surface area contributed by atoms with Gasteiger partial charge in [-0.3, -0.25) is 14.5 Å². The minimum absolute atomic E-state index is 0.0635. The molecule has 1 N–H and O–H groups in total. The fraction of sp³-hybridized carbons (Fsp3) is 0.385. The molecule has 1 aromatic rings. The zero-order chi connectivity index (χ0) is 13.7. The monoisotopic (exact) mass is 267 g/mol. The number of rotatable bonds is 6. The Bertz CT molecular complexity index is 430. The van der Waals surface area contributed by atoms with E-state index in [1.54, 1.807) is 37.9 Å². The molecular formula is C13H17NO3S. The number of carboxylic acid groups (broad SMARTS) is 1. The van der Waals surface area contributed by atoms with E-state index in [9.17, 15) is 9.59 Å². The van der Waals surface area contributed by atoms with Crippen molar-refractivity contribution in [2.75, 3.05) is 19.8 Å². The summed E-state index contributed by atoms with van der Waals surface area (Å²) >= 11 is 1.61. The molecule has 18 heavy (non-hydrogen) atoms. The van der Waals surface area contributed by atoms with Crippen LogP contribution in [0.25, 0.3) is 0 Å². The predicted octanol–water partition coefficient (Wildman–Crippen LogP) is 2.00. The van der Waals surface area contributed by atoms with Crippen LogP contribution in [0.1, 0.15) is 17.3 Å². The average molecular weight is 267 g/mol. The SMILES string of the molecule is CSc1ccc(C(=O)C(C)N(C)CC(=O)O)cc1. The van der Waals surface area contributed by atoms with Crippen molar-refractivity contribution in [1.82, 2.24) is 4.90 Å². The van der Waals surface area contributed by atoms with Crippen molar-refractivity contribution < 1.29 is 14.7 Å². The molecule has 4 nitrogen and oxygen atoms in total. The van der Waals surface area contributed by atoms with Gasteiger partial charge in [-0.05, 0) is 32.4 Å². The van der Waals surface area contributed by atoms with Gasteiger partial charge in [0.15, 0.2) is 5.78 Å². The van der Waals surface area contributed by atoms with Crippen LogP contribution in [0.3, 0.4) is 0 Å². The van der Waals surface area contributed by atoms with E-state index in [0.717, 1.165) is 4.90 Å². The molecule has 5 heteroatoms. The summed E-state index contributed by atoms with van der Waals surface area (Å²) in [5.74, 6) is -0.999. The van der Waals surface area contributed by atoms with E-state index in [4.69, 9.17) is 5.11 Å². The number of carbonyl (C=O) groups excluding carboxylic acids is 1. The molecule has 1 unspecified atom stereocenters. The first-order valence-corrected chi connectivity index (χ1v) is 6.78. The standard InChI is InChI=1S/C13H17NO3S/c1-9(14(2)8-12(15)16)13(17)10-4-6-11(18-3)7-5-10/h4-7,9H,8H2,1-3H3,(H,15,16). The van der Waals surface area contributed by atoms with Gasteiger partial charge in [0.1, 0.15) is 0 Å². The number of thioether (sulfide) groups is 1. The van der Waals surface area contributed by atoms with E-state index < -0.39 is 12.0 Å². The molecule has 0 aliphatic heterocycles. The lowest BCUT2D eigenvalue weighted by Crippen LogP contribution is -2.39. The van der Waals surface area contributed by atoms with Gasteiger partial charge < -0.3 is 5.11 Å². The Morgan fingerprint density at radius 2 is 1.89 bits per heavy atom. The van der Waals surface area contributed by atoms with E-state index in [1.807, 2.05) is 18.4 Å². The molecule has 1 atom stereocenters. The second kappa shape index (κ2) is 6.56. The van der Waals surface area contributed by atoms with Gasteiger partial charge in [0, 0.05) is 10.5 Å². The van der Waals surface area contributed by atoms with Crippen molar-refractivity contribution in [3.8, 4) is 0 Å². The number of benzene rings is 1. The molecule has 0 aliphatic carbocycles. The lowest BCUT2D eigenvalue weighted by atomic mass is 10.0. The zero-order valence-electron chi connectivity index (χ0n) is 10.7. The molecule has 98 valence electrons. The number of aliphatic carboxylic acids is 1. The number of nitrogens with zero attached hydrogens (tertiary/aromatic N) is 1. The first kappa shape index (κ1) is 14.7. The van der Waals surface area contributed by atoms with Gasteiger partial charge in [0.25, 0.3) is 0 Å². The topological polar surface area (TPSA) is 57.6 Å². The van der Waals surface area contributed by atoms with Crippen molar-refractivity contribution in [1.29, 1.82) is 0 Å². The van der Waals surface area contributed by atoms with Crippen molar-refractivity contribution in [2.24, 2.45) is 0 Å². The van der Waals surface area contributed by atoms with E-state index in [-0.39, 0.29) is 12.3 Å². The first-order chi connectivity index (χ1) is 8.45. The minimum atomic E-state index is -0.935. The number of hydrogen-bond acceptors (Lipinski definition) is 4. The van der Waals surface area contributed by atoms with Crippen molar-refractivity contribution in [3.63, 3.8) is 0 Å². The highest BCUT2D eigenvalue weighted by atomic mass is 32.2. The molecule has 0 fully saturated rings. The molecule has 1 aromatic carbocycles. The van der Waals surface area contributed by atoms with Gasteiger partial charge in [0.05, 0.1) is 12.6 Å². The Hall–Kier alpha value is -1.33. The number of carboxylic acids is 1. The molecule has 0 spiro atoms. The third-order valence-corrected chi connectivity index (χ3v) is 3.54. The van der Waals surface area contributed by atoms with E-state index >= 15 is 0 Å². The Morgan fingerprint density at radius 1 is 1.33 bits per heavy atom. The summed E-state index contributed by atoms with van der Waals surface area (Å²) in [6.45, 7) is 1.57. The quantitative estimate of drug-likeness (QED) is 0.631. The molecule has 0 bridgehead atoms. The van der Waals surface area contributed by atoms with E-state index in [2.05, 4.69) is 0 Å². The van der Waals surface area contributed by atoms with Crippen LogP contribution < -0.4 is 0 Å². The second-order valence-corrected chi connectivity index (χ2v) is 4.96. The van der Waals surface area contributed by atoms with Crippen LogP contribution in [0.4, 0.5) is 0 Å². The van der Waals surface area contributed by atoms with Crippen LogP contribution in [0.2, 0.25) is 0 Å². The fourth-order valence-corrected chi connectivity index (χ4v) is 1.96. The van der Waals surface area contributed by atoms with Crippen LogP contribution in [0, 0.1) is 0 Å². The summed E-state index contributed by atoms with van der Waals surface area (Å²) < 4.78 is 0. The fourth-order valence-electron chi connectivity index (χ4n) is 1.55. The maximum Gasteiger partial charge on any atom is 0.317 e. The summed E-state index contributed by atoms with van der Waals surface area (Å²) in [6.07, 6.45) is 1.97. The zero-order valence-corrected chi connectivity index (χ0v) is 11.5. The highest BCUT2D eigenvalue weighted by molar-refractivity contribution is 7.98. The number of Topliss-reactive ketones (excluding diaryl/α,β-unsaturated/α-hetero) is 1. The summed E-state index contributed by atoms with van der Waals surface area (Å²) in [7, 11) is 1.63. The van der Waals surface area contributed by atoms with Crippen molar-refractivity contribution in [3.05, 3.63) is 29.8 Å². The van der Waals surface area contributed by atoms with E-state index in [1.165, 1.54) is 4.90 Å². The predicted molar refractivity (Wildman–Crippen MR) is 72.3 cm³/mol. The van der Waals surface area contributed by atoms with Crippen LogP contribution in [-0.4, -0.2) is 47.6 Å². The largest absolute Gasteiger partial charge is 0.480 e. The van der Waals surface area contributed by atoms with Crippen LogP contribution in [-0.2, 0) is 4.79 Å². The normalized spacial score (nSPS) is 12.4. The molecular weight excluding hydrogens is 250 g/mol. The average Bonchev–Trinajstić information content (AvgIpc) is 2.36. The van der Waals surface area contributed by atoms with Crippen LogP contribution >= 0.6 is 11.8 Å².